The number of hydrogen-bond acceptors (Lipinski definition) is 3. The van der Waals surface area contributed by atoms with Crippen molar-refractivity contribution in [3.63, 3.8) is 0 Å². The summed E-state index contributed by atoms with van der Waals surface area (Å²) < 4.78 is 0. The average Bonchev–Trinajstić information content (AvgIpc) is 2.85. The minimum atomic E-state index is -0.615. The summed E-state index contributed by atoms with van der Waals surface area (Å²) >= 11 is 0. The number of likely N-dealkylation sites (tertiary alicyclic amines) is 1. The maximum atomic E-state index is 12.4. The number of benzene rings is 1. The van der Waals surface area contributed by atoms with E-state index in [2.05, 4.69) is 5.32 Å². The molecule has 1 aromatic carbocycles. The van der Waals surface area contributed by atoms with Gasteiger partial charge in [-0.1, -0.05) is 6.07 Å². The van der Waals surface area contributed by atoms with Gasteiger partial charge in [-0.15, -0.1) is 0 Å². The van der Waals surface area contributed by atoms with Gasteiger partial charge >= 0.3 is 0 Å². The molecule has 0 atom stereocenters. The van der Waals surface area contributed by atoms with Gasteiger partial charge in [-0.3, -0.25) is 4.79 Å². The Kier molecular flexibility index (Phi) is 2.97. The number of anilines is 1. The molecule has 1 amide bonds. The van der Waals surface area contributed by atoms with Crippen LogP contribution in [0.5, 0.6) is 0 Å². The van der Waals surface area contributed by atoms with Crippen LogP contribution >= 0.6 is 0 Å². The minimum absolute atomic E-state index is 0.0759. The fourth-order valence-corrected chi connectivity index (χ4v) is 2.80. The lowest BCUT2D eigenvalue weighted by Crippen LogP contribution is -2.45. The van der Waals surface area contributed by atoms with Crippen LogP contribution in [-0.2, 0) is 6.42 Å². The van der Waals surface area contributed by atoms with Crippen LogP contribution in [0.4, 0.5) is 5.69 Å². The molecule has 1 saturated heterocycles. The van der Waals surface area contributed by atoms with E-state index in [0.29, 0.717) is 25.9 Å². The number of piperidine rings is 1. The first-order valence-electron chi connectivity index (χ1n) is 6.94. The van der Waals surface area contributed by atoms with Gasteiger partial charge in [0.15, 0.2) is 0 Å². The highest BCUT2D eigenvalue weighted by molar-refractivity contribution is 5.95. The van der Waals surface area contributed by atoms with E-state index in [1.54, 1.807) is 0 Å². The first-order valence-corrected chi connectivity index (χ1v) is 6.94. The summed E-state index contributed by atoms with van der Waals surface area (Å²) in [7, 11) is 0. The zero-order valence-corrected chi connectivity index (χ0v) is 11.3. The van der Waals surface area contributed by atoms with E-state index < -0.39 is 5.60 Å². The number of nitrogens with one attached hydrogen (secondary N) is 1. The number of carbonyl (C=O) groups excluding carboxylic acids is 1. The van der Waals surface area contributed by atoms with Gasteiger partial charge in [-0.25, -0.2) is 0 Å². The van der Waals surface area contributed by atoms with E-state index >= 15 is 0 Å². The molecule has 0 saturated carbocycles. The Morgan fingerprint density at radius 2 is 2.11 bits per heavy atom. The Morgan fingerprint density at radius 3 is 2.84 bits per heavy atom. The first-order chi connectivity index (χ1) is 9.05. The van der Waals surface area contributed by atoms with E-state index in [4.69, 9.17) is 0 Å². The van der Waals surface area contributed by atoms with E-state index in [1.165, 1.54) is 5.56 Å². The van der Waals surface area contributed by atoms with Gasteiger partial charge in [0, 0.05) is 30.9 Å². The number of aliphatic hydroxyl groups is 1. The number of fused-ring (bicyclic) bond motifs is 1. The Labute approximate surface area is 113 Å². The zero-order chi connectivity index (χ0) is 13.5. The molecular formula is C15H20N2O2. The van der Waals surface area contributed by atoms with Crippen molar-refractivity contribution < 1.29 is 9.90 Å². The number of amides is 1. The second kappa shape index (κ2) is 4.53. The van der Waals surface area contributed by atoms with Crippen LogP contribution in [0.3, 0.4) is 0 Å². The zero-order valence-electron chi connectivity index (χ0n) is 11.3. The molecule has 1 fully saturated rings. The van der Waals surface area contributed by atoms with Gasteiger partial charge in [0.1, 0.15) is 0 Å². The van der Waals surface area contributed by atoms with Gasteiger partial charge in [0.05, 0.1) is 5.60 Å². The minimum Gasteiger partial charge on any atom is -0.390 e. The van der Waals surface area contributed by atoms with Crippen molar-refractivity contribution in [3.05, 3.63) is 29.3 Å². The lowest BCUT2D eigenvalue weighted by atomic mass is 9.93. The van der Waals surface area contributed by atoms with Crippen molar-refractivity contribution in [2.45, 2.75) is 31.8 Å². The molecule has 4 heteroatoms. The average molecular weight is 260 g/mol. The van der Waals surface area contributed by atoms with Crippen LogP contribution in [0.1, 0.15) is 35.7 Å². The normalized spacial score (nSPS) is 20.8. The third-order valence-electron chi connectivity index (χ3n) is 4.19. The van der Waals surface area contributed by atoms with Crippen molar-refractivity contribution >= 4 is 11.6 Å². The summed E-state index contributed by atoms with van der Waals surface area (Å²) in [5, 5.41) is 13.2. The van der Waals surface area contributed by atoms with Crippen LogP contribution in [0.25, 0.3) is 0 Å². The number of carbonyl (C=O) groups is 1. The summed E-state index contributed by atoms with van der Waals surface area (Å²) in [5.74, 6) is 0.0759. The number of rotatable bonds is 1. The second-order valence-corrected chi connectivity index (χ2v) is 5.84. The SMILES string of the molecule is CC1(O)CCN(C(=O)c2ccc3c(c2)NCC3)CC1. The second-order valence-electron chi connectivity index (χ2n) is 5.84. The molecule has 0 aromatic heterocycles. The fraction of sp³-hybridized carbons (Fsp3) is 0.533. The molecule has 102 valence electrons. The molecule has 2 heterocycles. The maximum Gasteiger partial charge on any atom is 0.253 e. The van der Waals surface area contributed by atoms with Crippen LogP contribution in [0.15, 0.2) is 18.2 Å². The Balaban J connectivity index is 1.74. The Morgan fingerprint density at radius 1 is 1.37 bits per heavy atom. The van der Waals surface area contributed by atoms with Gasteiger partial charge < -0.3 is 15.3 Å². The van der Waals surface area contributed by atoms with E-state index in [-0.39, 0.29) is 5.91 Å². The lowest BCUT2D eigenvalue weighted by molar-refractivity contribution is -0.00202. The predicted molar refractivity (Wildman–Crippen MR) is 74.4 cm³/mol. The summed E-state index contributed by atoms with van der Waals surface area (Å²) in [6.45, 7) is 4.07. The molecule has 0 bridgehead atoms. The Hall–Kier alpha value is -1.55. The van der Waals surface area contributed by atoms with E-state index in [9.17, 15) is 9.90 Å². The highest BCUT2D eigenvalue weighted by atomic mass is 16.3. The van der Waals surface area contributed by atoms with Gasteiger partial charge in [0.25, 0.3) is 5.91 Å². The highest BCUT2D eigenvalue weighted by Crippen LogP contribution is 2.26. The smallest absolute Gasteiger partial charge is 0.253 e. The van der Waals surface area contributed by atoms with Crippen LogP contribution < -0.4 is 5.32 Å². The maximum absolute atomic E-state index is 12.4. The molecule has 4 nitrogen and oxygen atoms in total. The molecule has 3 rings (SSSR count). The molecule has 2 aliphatic rings. The number of nitrogens with zero attached hydrogens (tertiary/aromatic N) is 1. The van der Waals surface area contributed by atoms with Crippen molar-refractivity contribution in [2.24, 2.45) is 0 Å². The van der Waals surface area contributed by atoms with Gasteiger partial charge in [0.2, 0.25) is 0 Å². The molecule has 0 radical (unpaired) electrons. The highest BCUT2D eigenvalue weighted by Gasteiger charge is 2.30. The monoisotopic (exact) mass is 260 g/mol. The summed E-state index contributed by atoms with van der Waals surface area (Å²) in [4.78, 5) is 14.3. The summed E-state index contributed by atoms with van der Waals surface area (Å²) in [6.07, 6.45) is 2.35. The molecule has 0 unspecified atom stereocenters. The quantitative estimate of drug-likeness (QED) is 0.807. The third-order valence-corrected chi connectivity index (χ3v) is 4.19. The lowest BCUT2D eigenvalue weighted by Gasteiger charge is -2.35. The fourth-order valence-electron chi connectivity index (χ4n) is 2.80. The molecule has 19 heavy (non-hydrogen) atoms. The molecule has 2 N–H and O–H groups in total. The van der Waals surface area contributed by atoms with E-state index in [1.807, 2.05) is 30.0 Å². The Bertz CT molecular complexity index is 501. The van der Waals surface area contributed by atoms with Gasteiger partial charge in [-0.05, 0) is 43.9 Å². The largest absolute Gasteiger partial charge is 0.390 e. The van der Waals surface area contributed by atoms with Crippen LogP contribution in [0, 0.1) is 0 Å². The van der Waals surface area contributed by atoms with Crippen molar-refractivity contribution in [1.29, 1.82) is 0 Å². The van der Waals surface area contributed by atoms with Crippen LogP contribution in [-0.4, -0.2) is 41.1 Å². The summed E-state index contributed by atoms with van der Waals surface area (Å²) in [5.41, 5.74) is 2.51. The third kappa shape index (κ3) is 2.45. The predicted octanol–water partition coefficient (Wildman–Crippen LogP) is 1.64. The molecule has 1 aromatic rings. The molecule has 0 spiro atoms. The van der Waals surface area contributed by atoms with Gasteiger partial charge in [-0.2, -0.15) is 0 Å². The molecular weight excluding hydrogens is 240 g/mol. The molecule has 2 aliphatic heterocycles. The van der Waals surface area contributed by atoms with E-state index in [0.717, 1.165) is 24.2 Å². The summed E-state index contributed by atoms with van der Waals surface area (Å²) in [6, 6.07) is 5.92. The van der Waals surface area contributed by atoms with Crippen LogP contribution in [0.2, 0.25) is 0 Å². The topological polar surface area (TPSA) is 52.6 Å². The molecule has 0 aliphatic carbocycles. The number of hydrogen-bond donors (Lipinski definition) is 2. The standard InChI is InChI=1S/C15H20N2O2/c1-15(19)5-8-17(9-6-15)14(18)12-3-2-11-4-7-16-13(11)10-12/h2-3,10,16,19H,4-9H2,1H3. The first kappa shape index (κ1) is 12.5. The van der Waals surface area contributed by atoms with Crippen molar-refractivity contribution in [2.75, 3.05) is 25.0 Å². The van der Waals surface area contributed by atoms with Crippen molar-refractivity contribution in [1.82, 2.24) is 4.90 Å². The van der Waals surface area contributed by atoms with Crippen molar-refractivity contribution in [3.8, 4) is 0 Å².